The number of amides is 1. The van der Waals surface area contributed by atoms with Crippen molar-refractivity contribution < 1.29 is 4.79 Å². The van der Waals surface area contributed by atoms with Crippen LogP contribution in [0.25, 0.3) is 10.9 Å². The highest BCUT2D eigenvalue weighted by Gasteiger charge is 2.29. The molecule has 0 bridgehead atoms. The summed E-state index contributed by atoms with van der Waals surface area (Å²) in [4.78, 5) is 13.9. The maximum atomic E-state index is 11.4. The molecule has 2 aromatic rings. The van der Waals surface area contributed by atoms with Gasteiger partial charge < -0.3 is 10.3 Å². The molecule has 1 aromatic heterocycles. The summed E-state index contributed by atoms with van der Waals surface area (Å²) in [5.41, 5.74) is 10.9. The molecular weight excluding hydrogens is 286 g/mol. The van der Waals surface area contributed by atoms with Crippen molar-refractivity contribution in [2.45, 2.75) is 52.7 Å². The summed E-state index contributed by atoms with van der Waals surface area (Å²) in [6.07, 6.45) is 2.84. The Morgan fingerprint density at radius 2 is 1.87 bits per heavy atom. The minimum Gasteiger partial charge on any atom is -0.369 e. The predicted octanol–water partition coefficient (Wildman–Crippen LogP) is 2.96. The van der Waals surface area contributed by atoms with Crippen molar-refractivity contribution in [1.82, 2.24) is 9.47 Å². The number of rotatable bonds is 3. The standard InChI is InChI=1S/C19H27N3O/c1-12(18(20)23)6-15-9-21(5)17-8-14-11-22(19(2,3)4)10-13(14)7-16(15)17/h7-9,12H,6,10-11H2,1-5H3,(H2,20,23). The Labute approximate surface area is 138 Å². The first-order valence-electron chi connectivity index (χ1n) is 8.31. The second kappa shape index (κ2) is 5.38. The molecule has 23 heavy (non-hydrogen) atoms. The van der Waals surface area contributed by atoms with Crippen LogP contribution in [0.4, 0.5) is 0 Å². The molecule has 1 aromatic carbocycles. The molecule has 1 aliphatic rings. The molecule has 124 valence electrons. The average molecular weight is 313 g/mol. The summed E-state index contributed by atoms with van der Waals surface area (Å²) >= 11 is 0. The quantitative estimate of drug-likeness (QED) is 0.947. The Hall–Kier alpha value is -1.81. The van der Waals surface area contributed by atoms with E-state index in [1.54, 1.807) is 0 Å². The van der Waals surface area contributed by atoms with Crippen molar-refractivity contribution in [3.05, 3.63) is 35.0 Å². The number of carbonyl (C=O) groups excluding carboxylic acids is 1. The van der Waals surface area contributed by atoms with Crippen LogP contribution in [0.5, 0.6) is 0 Å². The van der Waals surface area contributed by atoms with Crippen LogP contribution in [0.2, 0.25) is 0 Å². The van der Waals surface area contributed by atoms with Gasteiger partial charge in [0, 0.05) is 48.7 Å². The highest BCUT2D eigenvalue weighted by Crippen LogP contribution is 2.34. The van der Waals surface area contributed by atoms with Gasteiger partial charge in [-0.15, -0.1) is 0 Å². The van der Waals surface area contributed by atoms with Crippen molar-refractivity contribution >= 4 is 16.8 Å². The molecule has 1 aliphatic heterocycles. The summed E-state index contributed by atoms with van der Waals surface area (Å²) in [7, 11) is 2.07. The first-order valence-corrected chi connectivity index (χ1v) is 8.31. The Kier molecular flexibility index (Phi) is 3.75. The molecule has 2 heterocycles. The molecule has 3 rings (SSSR count). The fourth-order valence-corrected chi connectivity index (χ4v) is 3.43. The van der Waals surface area contributed by atoms with Crippen molar-refractivity contribution in [3.8, 4) is 0 Å². The van der Waals surface area contributed by atoms with Crippen LogP contribution < -0.4 is 5.73 Å². The molecule has 1 atom stereocenters. The summed E-state index contributed by atoms with van der Waals surface area (Å²) < 4.78 is 2.17. The van der Waals surface area contributed by atoms with E-state index in [1.165, 1.54) is 27.6 Å². The molecule has 0 fully saturated rings. The Balaban J connectivity index is 2.00. The maximum Gasteiger partial charge on any atom is 0.220 e. The topological polar surface area (TPSA) is 51.3 Å². The lowest BCUT2D eigenvalue weighted by Gasteiger charge is -2.31. The molecule has 0 saturated carbocycles. The molecule has 2 N–H and O–H groups in total. The van der Waals surface area contributed by atoms with Crippen molar-refractivity contribution in [1.29, 1.82) is 0 Å². The molecule has 0 spiro atoms. The Morgan fingerprint density at radius 3 is 2.43 bits per heavy atom. The van der Waals surface area contributed by atoms with Gasteiger partial charge in [-0.3, -0.25) is 9.69 Å². The number of carbonyl (C=O) groups is 1. The smallest absolute Gasteiger partial charge is 0.220 e. The van der Waals surface area contributed by atoms with Gasteiger partial charge in [0.05, 0.1) is 0 Å². The third-order valence-electron chi connectivity index (χ3n) is 5.08. The van der Waals surface area contributed by atoms with Gasteiger partial charge in [-0.25, -0.2) is 0 Å². The van der Waals surface area contributed by atoms with E-state index >= 15 is 0 Å². The molecule has 1 unspecified atom stereocenters. The maximum absolute atomic E-state index is 11.4. The largest absolute Gasteiger partial charge is 0.369 e. The third-order valence-corrected chi connectivity index (χ3v) is 5.08. The Morgan fingerprint density at radius 1 is 1.26 bits per heavy atom. The minimum atomic E-state index is -0.234. The fraction of sp³-hybridized carbons (Fsp3) is 0.526. The number of hydrogen-bond donors (Lipinski definition) is 1. The van der Waals surface area contributed by atoms with Gasteiger partial charge in [0.2, 0.25) is 5.91 Å². The van der Waals surface area contributed by atoms with Crippen molar-refractivity contribution in [2.24, 2.45) is 18.7 Å². The third kappa shape index (κ3) is 2.88. The lowest BCUT2D eigenvalue weighted by atomic mass is 9.98. The molecular formula is C19H27N3O. The van der Waals surface area contributed by atoms with E-state index in [-0.39, 0.29) is 17.4 Å². The van der Waals surface area contributed by atoms with Gasteiger partial charge in [-0.2, -0.15) is 0 Å². The van der Waals surface area contributed by atoms with E-state index in [9.17, 15) is 4.79 Å². The van der Waals surface area contributed by atoms with Gasteiger partial charge in [-0.1, -0.05) is 6.92 Å². The number of nitrogens with two attached hydrogens (primary N) is 1. The normalized spacial score (nSPS) is 16.7. The second-order valence-electron chi connectivity index (χ2n) is 7.94. The van der Waals surface area contributed by atoms with E-state index in [2.05, 4.69) is 55.6 Å². The number of fused-ring (bicyclic) bond motifs is 2. The van der Waals surface area contributed by atoms with Crippen molar-refractivity contribution in [2.75, 3.05) is 0 Å². The number of hydrogen-bond acceptors (Lipinski definition) is 2. The Bertz CT molecular complexity index is 767. The van der Waals surface area contributed by atoms with E-state index in [4.69, 9.17) is 5.73 Å². The van der Waals surface area contributed by atoms with Crippen molar-refractivity contribution in [3.63, 3.8) is 0 Å². The van der Waals surface area contributed by atoms with Gasteiger partial charge >= 0.3 is 0 Å². The fourth-order valence-electron chi connectivity index (χ4n) is 3.43. The molecule has 0 saturated heterocycles. The van der Waals surface area contributed by atoms with E-state index in [0.717, 1.165) is 13.1 Å². The van der Waals surface area contributed by atoms with Gasteiger partial charge in [0.1, 0.15) is 0 Å². The van der Waals surface area contributed by atoms with Crippen LogP contribution in [0.15, 0.2) is 18.3 Å². The highest BCUT2D eigenvalue weighted by molar-refractivity contribution is 5.87. The number of benzene rings is 1. The second-order valence-corrected chi connectivity index (χ2v) is 7.94. The van der Waals surface area contributed by atoms with Crippen LogP contribution >= 0.6 is 0 Å². The highest BCUT2D eigenvalue weighted by atomic mass is 16.1. The SMILES string of the molecule is CC(Cc1cn(C)c2cc3c(cc12)CN(C(C)(C)C)C3)C(N)=O. The summed E-state index contributed by atoms with van der Waals surface area (Å²) in [6.45, 7) is 10.7. The lowest BCUT2D eigenvalue weighted by molar-refractivity contribution is -0.121. The van der Waals surface area contributed by atoms with E-state index in [1.807, 2.05) is 6.92 Å². The summed E-state index contributed by atoms with van der Waals surface area (Å²) in [6, 6.07) is 4.63. The zero-order valence-electron chi connectivity index (χ0n) is 14.8. The zero-order chi connectivity index (χ0) is 16.9. The monoisotopic (exact) mass is 313 g/mol. The van der Waals surface area contributed by atoms with Crippen LogP contribution in [-0.2, 0) is 31.4 Å². The molecule has 4 nitrogen and oxygen atoms in total. The lowest BCUT2D eigenvalue weighted by Crippen LogP contribution is -2.36. The van der Waals surface area contributed by atoms with Gasteiger partial charge in [0.15, 0.2) is 0 Å². The number of aryl methyl sites for hydroxylation is 1. The molecule has 4 heteroatoms. The predicted molar refractivity (Wildman–Crippen MR) is 94.0 cm³/mol. The number of aromatic nitrogens is 1. The molecule has 0 aliphatic carbocycles. The molecule has 0 radical (unpaired) electrons. The number of nitrogens with zero attached hydrogens (tertiary/aromatic N) is 2. The zero-order valence-corrected chi connectivity index (χ0v) is 14.8. The number of primary amides is 1. The first kappa shape index (κ1) is 16.1. The van der Waals surface area contributed by atoms with Crippen LogP contribution in [0.1, 0.15) is 44.4 Å². The van der Waals surface area contributed by atoms with Crippen LogP contribution in [-0.4, -0.2) is 20.9 Å². The molecule has 1 amide bonds. The average Bonchev–Trinajstić information content (AvgIpc) is 2.98. The van der Waals surface area contributed by atoms with Gasteiger partial charge in [-0.05, 0) is 56.0 Å². The van der Waals surface area contributed by atoms with Crippen LogP contribution in [0, 0.1) is 5.92 Å². The summed E-state index contributed by atoms with van der Waals surface area (Å²) in [5.74, 6) is -0.373. The van der Waals surface area contributed by atoms with E-state index < -0.39 is 0 Å². The first-order chi connectivity index (χ1) is 10.7. The van der Waals surface area contributed by atoms with Gasteiger partial charge in [0.25, 0.3) is 0 Å². The minimum absolute atomic E-state index is 0.139. The van der Waals surface area contributed by atoms with Crippen LogP contribution in [0.3, 0.4) is 0 Å². The summed E-state index contributed by atoms with van der Waals surface area (Å²) in [5, 5.41) is 1.26. The van der Waals surface area contributed by atoms with E-state index in [0.29, 0.717) is 6.42 Å².